The number of anilines is 2. The highest BCUT2D eigenvalue weighted by molar-refractivity contribution is 5.90. The van der Waals surface area contributed by atoms with Crippen molar-refractivity contribution in [2.24, 2.45) is 0 Å². The molecule has 2 aromatic rings. The Kier molecular flexibility index (Phi) is 4.40. The van der Waals surface area contributed by atoms with Crippen LogP contribution in [-0.2, 0) is 11.2 Å². The highest BCUT2D eigenvalue weighted by atomic mass is 16.4. The molecule has 1 aliphatic carbocycles. The van der Waals surface area contributed by atoms with Crippen molar-refractivity contribution in [3.8, 4) is 6.07 Å². The second kappa shape index (κ2) is 6.65. The zero-order valence-corrected chi connectivity index (χ0v) is 13.7. The molecule has 6 heteroatoms. The summed E-state index contributed by atoms with van der Waals surface area (Å²) in [5.41, 5.74) is 4.18. The van der Waals surface area contributed by atoms with E-state index in [2.05, 4.69) is 16.7 Å². The Balaban J connectivity index is 1.85. The van der Waals surface area contributed by atoms with Gasteiger partial charge in [0.25, 0.3) is 0 Å². The van der Waals surface area contributed by atoms with Gasteiger partial charge in [-0.3, -0.25) is 4.79 Å². The Morgan fingerprint density at radius 2 is 1.96 bits per heavy atom. The molecular weight excluding hydrogens is 318 g/mol. The lowest BCUT2D eigenvalue weighted by atomic mass is 10.0. The summed E-state index contributed by atoms with van der Waals surface area (Å²) in [7, 11) is 0. The lowest BCUT2D eigenvalue weighted by Gasteiger charge is -2.17. The van der Waals surface area contributed by atoms with Crippen LogP contribution in [0.5, 0.6) is 0 Å². The number of hydrogen-bond acceptors (Lipinski definition) is 4. The Morgan fingerprint density at radius 1 is 1.24 bits per heavy atom. The summed E-state index contributed by atoms with van der Waals surface area (Å²) in [4.78, 5) is 22.2. The van der Waals surface area contributed by atoms with E-state index in [0.717, 1.165) is 29.7 Å². The molecule has 0 aliphatic heterocycles. The molecule has 0 fully saturated rings. The van der Waals surface area contributed by atoms with Crippen LogP contribution in [0, 0.1) is 11.3 Å². The van der Waals surface area contributed by atoms with Gasteiger partial charge in [0, 0.05) is 12.6 Å². The van der Waals surface area contributed by atoms with Crippen molar-refractivity contribution in [2.45, 2.75) is 25.8 Å². The SMILES string of the molecule is CC(=O)Nc1cc2c(cc1C#N)C(Nc1ccc(C(=O)O)cc1)CC2. The highest BCUT2D eigenvalue weighted by Crippen LogP contribution is 2.37. The van der Waals surface area contributed by atoms with Gasteiger partial charge in [-0.15, -0.1) is 0 Å². The van der Waals surface area contributed by atoms with Crippen LogP contribution in [-0.4, -0.2) is 17.0 Å². The van der Waals surface area contributed by atoms with E-state index in [-0.39, 0.29) is 17.5 Å². The third kappa shape index (κ3) is 3.45. The number of nitrogens with one attached hydrogen (secondary N) is 2. The number of hydrogen-bond donors (Lipinski definition) is 3. The van der Waals surface area contributed by atoms with Crippen molar-refractivity contribution in [3.05, 3.63) is 58.7 Å². The molecule has 0 saturated heterocycles. The molecule has 126 valence electrons. The number of nitrogens with zero attached hydrogens (tertiary/aromatic N) is 1. The minimum Gasteiger partial charge on any atom is -0.478 e. The topological polar surface area (TPSA) is 102 Å². The first-order valence-corrected chi connectivity index (χ1v) is 7.92. The zero-order valence-electron chi connectivity index (χ0n) is 13.7. The summed E-state index contributed by atoms with van der Waals surface area (Å²) in [6.45, 7) is 1.42. The van der Waals surface area contributed by atoms with Crippen LogP contribution in [0.4, 0.5) is 11.4 Å². The first kappa shape index (κ1) is 16.5. The lowest BCUT2D eigenvalue weighted by molar-refractivity contribution is -0.114. The van der Waals surface area contributed by atoms with Crippen molar-refractivity contribution in [1.29, 1.82) is 5.26 Å². The molecule has 0 heterocycles. The molecule has 0 bridgehead atoms. The molecule has 0 aromatic heterocycles. The van der Waals surface area contributed by atoms with Gasteiger partial charge < -0.3 is 15.7 Å². The van der Waals surface area contributed by atoms with Crippen molar-refractivity contribution >= 4 is 23.3 Å². The maximum absolute atomic E-state index is 11.3. The maximum atomic E-state index is 11.3. The van der Waals surface area contributed by atoms with Crippen LogP contribution in [0.25, 0.3) is 0 Å². The van der Waals surface area contributed by atoms with Crippen LogP contribution in [0.3, 0.4) is 0 Å². The molecule has 0 radical (unpaired) electrons. The monoisotopic (exact) mass is 335 g/mol. The molecular formula is C19H17N3O3. The minimum absolute atomic E-state index is 0.0455. The van der Waals surface area contributed by atoms with Gasteiger partial charge in [-0.05, 0) is 60.4 Å². The van der Waals surface area contributed by atoms with Gasteiger partial charge in [0.15, 0.2) is 0 Å². The maximum Gasteiger partial charge on any atom is 0.335 e. The molecule has 25 heavy (non-hydrogen) atoms. The molecule has 1 aliphatic rings. The third-order valence-corrected chi connectivity index (χ3v) is 4.26. The summed E-state index contributed by atoms with van der Waals surface area (Å²) in [6, 6.07) is 12.4. The average Bonchev–Trinajstić information content (AvgIpc) is 2.96. The number of fused-ring (bicyclic) bond motifs is 1. The zero-order chi connectivity index (χ0) is 18.0. The van der Waals surface area contributed by atoms with E-state index >= 15 is 0 Å². The van der Waals surface area contributed by atoms with Gasteiger partial charge in [-0.1, -0.05) is 0 Å². The van der Waals surface area contributed by atoms with Crippen LogP contribution < -0.4 is 10.6 Å². The number of nitriles is 1. The Labute approximate surface area is 145 Å². The molecule has 0 saturated carbocycles. The second-order valence-electron chi connectivity index (χ2n) is 6.01. The molecule has 0 spiro atoms. The average molecular weight is 335 g/mol. The fraction of sp³-hybridized carbons (Fsp3) is 0.211. The quantitative estimate of drug-likeness (QED) is 0.795. The van der Waals surface area contributed by atoms with E-state index in [9.17, 15) is 14.9 Å². The van der Waals surface area contributed by atoms with E-state index in [0.29, 0.717) is 11.3 Å². The fourth-order valence-electron chi connectivity index (χ4n) is 3.10. The molecule has 3 N–H and O–H groups in total. The first-order chi connectivity index (χ1) is 12.0. The van der Waals surface area contributed by atoms with Crippen molar-refractivity contribution in [3.63, 3.8) is 0 Å². The van der Waals surface area contributed by atoms with E-state index < -0.39 is 5.97 Å². The van der Waals surface area contributed by atoms with Gasteiger partial charge in [-0.25, -0.2) is 4.79 Å². The molecule has 1 atom stereocenters. The predicted octanol–water partition coefficient (Wildman–Crippen LogP) is 3.31. The van der Waals surface area contributed by atoms with E-state index in [1.165, 1.54) is 6.92 Å². The summed E-state index contributed by atoms with van der Waals surface area (Å²) in [5, 5.41) is 24.4. The number of carboxylic acids is 1. The number of amides is 1. The number of carbonyl (C=O) groups is 2. The Hall–Kier alpha value is -3.33. The van der Waals surface area contributed by atoms with Gasteiger partial charge in [0.2, 0.25) is 5.91 Å². The van der Waals surface area contributed by atoms with Crippen molar-refractivity contribution < 1.29 is 14.7 Å². The normalized spacial score (nSPS) is 15.1. The lowest BCUT2D eigenvalue weighted by Crippen LogP contribution is -2.10. The molecule has 3 rings (SSSR count). The van der Waals surface area contributed by atoms with Crippen LogP contribution in [0.2, 0.25) is 0 Å². The standard InChI is InChI=1S/C19H17N3O3/c1-11(23)21-18-9-13-4-7-17(16(13)8-14(18)10-20)22-15-5-2-12(3-6-15)19(24)25/h2-3,5-6,8-9,17,22H,4,7H2,1H3,(H,21,23)(H,24,25). The van der Waals surface area contributed by atoms with Crippen molar-refractivity contribution in [2.75, 3.05) is 10.6 Å². The predicted molar refractivity (Wildman–Crippen MR) is 93.5 cm³/mol. The van der Waals surface area contributed by atoms with Crippen molar-refractivity contribution in [1.82, 2.24) is 0 Å². The van der Waals surface area contributed by atoms with Gasteiger partial charge in [0.1, 0.15) is 6.07 Å². The number of carbonyl (C=O) groups excluding carboxylic acids is 1. The highest BCUT2D eigenvalue weighted by Gasteiger charge is 2.24. The second-order valence-corrected chi connectivity index (χ2v) is 6.01. The smallest absolute Gasteiger partial charge is 0.335 e. The number of rotatable bonds is 4. The summed E-state index contributed by atoms with van der Waals surface area (Å²) >= 11 is 0. The summed E-state index contributed by atoms with van der Waals surface area (Å²) in [5.74, 6) is -1.16. The van der Waals surface area contributed by atoms with E-state index in [1.807, 2.05) is 12.1 Å². The molecule has 2 aromatic carbocycles. The van der Waals surface area contributed by atoms with Crippen LogP contribution in [0.1, 0.15) is 46.4 Å². The molecule has 6 nitrogen and oxygen atoms in total. The first-order valence-electron chi connectivity index (χ1n) is 7.92. The number of aromatic carboxylic acids is 1. The van der Waals surface area contributed by atoms with Gasteiger partial charge in [0.05, 0.1) is 22.9 Å². The number of aryl methyl sites for hydroxylation is 1. The van der Waals surface area contributed by atoms with E-state index in [1.54, 1.807) is 24.3 Å². The fourth-order valence-corrected chi connectivity index (χ4v) is 3.10. The summed E-state index contributed by atoms with van der Waals surface area (Å²) < 4.78 is 0. The molecule has 1 unspecified atom stereocenters. The van der Waals surface area contributed by atoms with Gasteiger partial charge in [-0.2, -0.15) is 5.26 Å². The van der Waals surface area contributed by atoms with E-state index in [4.69, 9.17) is 5.11 Å². The van der Waals surface area contributed by atoms with Crippen LogP contribution in [0.15, 0.2) is 36.4 Å². The third-order valence-electron chi connectivity index (χ3n) is 4.26. The Bertz CT molecular complexity index is 882. The van der Waals surface area contributed by atoms with Gasteiger partial charge >= 0.3 is 5.97 Å². The number of benzene rings is 2. The van der Waals surface area contributed by atoms with Crippen LogP contribution >= 0.6 is 0 Å². The largest absolute Gasteiger partial charge is 0.478 e. The molecule has 1 amide bonds. The number of carboxylic acid groups (broad SMARTS) is 1. The minimum atomic E-state index is -0.957. The summed E-state index contributed by atoms with van der Waals surface area (Å²) in [6.07, 6.45) is 1.71. The Morgan fingerprint density at radius 3 is 2.56 bits per heavy atom.